The zero-order valence-corrected chi connectivity index (χ0v) is 9.50. The summed E-state index contributed by atoms with van der Waals surface area (Å²) in [5.74, 6) is 0.891. The van der Waals surface area contributed by atoms with Crippen molar-refractivity contribution < 1.29 is 10.0 Å². The fourth-order valence-corrected chi connectivity index (χ4v) is 1.89. The van der Waals surface area contributed by atoms with Gasteiger partial charge >= 0.3 is 6.03 Å². The van der Waals surface area contributed by atoms with Crippen LogP contribution in [0.1, 0.15) is 5.69 Å². The van der Waals surface area contributed by atoms with Crippen LogP contribution in [0.3, 0.4) is 0 Å². The summed E-state index contributed by atoms with van der Waals surface area (Å²) in [4.78, 5) is 17.4. The Kier molecular flexibility index (Phi) is 2.49. The first-order valence-corrected chi connectivity index (χ1v) is 5.55. The van der Waals surface area contributed by atoms with Gasteiger partial charge in [-0.1, -0.05) is 6.07 Å². The van der Waals surface area contributed by atoms with Crippen molar-refractivity contribution in [3.05, 3.63) is 23.9 Å². The topological polar surface area (TPSA) is 93.1 Å². The minimum atomic E-state index is -0.160. The second kappa shape index (κ2) is 4.15. The lowest BCUT2D eigenvalue weighted by Crippen LogP contribution is -2.30. The Morgan fingerprint density at radius 2 is 2.28 bits per heavy atom. The largest absolute Gasteiger partial charge is 0.336 e. The van der Waals surface area contributed by atoms with E-state index in [1.165, 1.54) is 0 Å². The smallest absolute Gasteiger partial charge is 0.323 e. The van der Waals surface area contributed by atoms with Gasteiger partial charge in [-0.25, -0.2) is 14.8 Å². The van der Waals surface area contributed by atoms with E-state index >= 15 is 0 Å². The molecule has 0 bridgehead atoms. The van der Waals surface area contributed by atoms with Gasteiger partial charge in [-0.15, -0.1) is 0 Å². The molecular weight excluding hydrogens is 236 g/mol. The molecule has 0 radical (unpaired) electrons. The normalized spacial score (nSPS) is 18.7. The quantitative estimate of drug-likeness (QED) is 0.657. The molecule has 1 aromatic rings. The number of nitrogens with one attached hydrogen (secondary N) is 2. The maximum atomic E-state index is 11.5. The molecule has 0 spiro atoms. The number of rotatable bonds is 2. The zero-order chi connectivity index (χ0) is 12.5. The molecule has 18 heavy (non-hydrogen) atoms. The van der Waals surface area contributed by atoms with Crippen molar-refractivity contribution in [1.29, 1.82) is 0 Å². The van der Waals surface area contributed by atoms with E-state index in [4.69, 9.17) is 0 Å². The van der Waals surface area contributed by atoms with Crippen LogP contribution in [0.4, 0.5) is 10.6 Å². The third-order valence-corrected chi connectivity index (χ3v) is 2.75. The fourth-order valence-electron chi connectivity index (χ4n) is 1.89. The first-order chi connectivity index (χ1) is 8.75. The van der Waals surface area contributed by atoms with Crippen LogP contribution >= 0.6 is 0 Å². The minimum absolute atomic E-state index is 0.160. The summed E-state index contributed by atoms with van der Waals surface area (Å²) in [6.07, 6.45) is 0. The Morgan fingerprint density at radius 1 is 1.39 bits per heavy atom. The minimum Gasteiger partial charge on any atom is -0.336 e. The molecule has 3 heterocycles. The summed E-state index contributed by atoms with van der Waals surface area (Å²) >= 11 is 0. The van der Waals surface area contributed by atoms with Gasteiger partial charge in [0, 0.05) is 13.1 Å². The number of hydrazone groups is 1. The highest BCUT2D eigenvalue weighted by atomic mass is 16.5. The number of urea groups is 1. The molecule has 2 aliphatic rings. The van der Waals surface area contributed by atoms with E-state index in [9.17, 15) is 10.0 Å². The number of amides is 2. The van der Waals surface area contributed by atoms with E-state index in [2.05, 4.69) is 20.8 Å². The van der Waals surface area contributed by atoms with Gasteiger partial charge in [0.1, 0.15) is 18.2 Å². The van der Waals surface area contributed by atoms with Crippen molar-refractivity contribution in [3.8, 4) is 0 Å². The molecule has 3 rings (SSSR count). The average molecular weight is 248 g/mol. The number of aromatic nitrogens is 1. The van der Waals surface area contributed by atoms with Gasteiger partial charge in [0.15, 0.2) is 5.84 Å². The summed E-state index contributed by atoms with van der Waals surface area (Å²) in [5.41, 5.74) is 3.16. The number of carbonyl (C=O) groups excluding carboxylic acids is 1. The summed E-state index contributed by atoms with van der Waals surface area (Å²) in [6.45, 7) is 1.42. The number of carbonyl (C=O) groups is 1. The number of amidine groups is 1. The average Bonchev–Trinajstić information content (AvgIpc) is 2.98. The number of anilines is 1. The van der Waals surface area contributed by atoms with Crippen LogP contribution < -0.4 is 15.6 Å². The maximum absolute atomic E-state index is 11.5. The van der Waals surface area contributed by atoms with E-state index in [1.807, 2.05) is 0 Å². The SMILES string of the molecule is O=C1NCCN1c1cccc(C2=NNCN2O)n1. The van der Waals surface area contributed by atoms with Gasteiger partial charge in [-0.05, 0) is 12.1 Å². The Hall–Kier alpha value is -2.35. The van der Waals surface area contributed by atoms with Crippen molar-refractivity contribution in [3.63, 3.8) is 0 Å². The first kappa shape index (κ1) is 10.8. The molecule has 0 aliphatic carbocycles. The molecule has 1 saturated heterocycles. The van der Waals surface area contributed by atoms with Crippen molar-refractivity contribution in [2.45, 2.75) is 0 Å². The second-order valence-electron chi connectivity index (χ2n) is 3.92. The number of hydroxylamine groups is 2. The van der Waals surface area contributed by atoms with Crippen molar-refractivity contribution in [2.75, 3.05) is 24.7 Å². The van der Waals surface area contributed by atoms with Gasteiger partial charge in [-0.2, -0.15) is 5.10 Å². The summed E-state index contributed by atoms with van der Waals surface area (Å²) in [7, 11) is 0. The molecule has 3 N–H and O–H groups in total. The molecule has 0 unspecified atom stereocenters. The standard InChI is InChI=1S/C10H12N6O2/c17-10-11-4-5-15(10)8-3-1-2-7(13-8)9-14-12-6-16(9)18/h1-3,12,18H,4-6H2,(H,11,17). The monoisotopic (exact) mass is 248 g/mol. The van der Waals surface area contributed by atoms with Crippen LogP contribution in [0.25, 0.3) is 0 Å². The first-order valence-electron chi connectivity index (χ1n) is 5.55. The molecule has 1 aromatic heterocycles. The lowest BCUT2D eigenvalue weighted by Gasteiger charge is -2.15. The van der Waals surface area contributed by atoms with Crippen LogP contribution in [0, 0.1) is 0 Å². The Bertz CT molecular complexity index is 517. The highest BCUT2D eigenvalue weighted by molar-refractivity contribution is 5.98. The number of pyridine rings is 1. The van der Waals surface area contributed by atoms with Crippen molar-refractivity contribution in [2.24, 2.45) is 5.10 Å². The Labute approximate surface area is 103 Å². The highest BCUT2D eigenvalue weighted by Crippen LogP contribution is 2.15. The Balaban J connectivity index is 1.92. The number of nitrogens with zero attached hydrogens (tertiary/aromatic N) is 4. The zero-order valence-electron chi connectivity index (χ0n) is 9.50. The maximum Gasteiger partial charge on any atom is 0.323 e. The molecule has 0 aromatic carbocycles. The third-order valence-electron chi connectivity index (χ3n) is 2.75. The molecular formula is C10H12N6O2. The van der Waals surface area contributed by atoms with Gasteiger partial charge < -0.3 is 5.32 Å². The molecule has 0 saturated carbocycles. The van der Waals surface area contributed by atoms with Crippen LogP contribution in [0.15, 0.2) is 23.3 Å². The predicted octanol–water partition coefficient (Wildman–Crippen LogP) is -0.475. The third kappa shape index (κ3) is 1.72. The molecule has 0 atom stereocenters. The van der Waals surface area contributed by atoms with Crippen LogP contribution in [0.5, 0.6) is 0 Å². The van der Waals surface area contributed by atoms with E-state index in [-0.39, 0.29) is 12.7 Å². The summed E-state index contributed by atoms with van der Waals surface area (Å²) in [6, 6.07) is 5.09. The van der Waals surface area contributed by atoms with Crippen molar-refractivity contribution in [1.82, 2.24) is 20.8 Å². The van der Waals surface area contributed by atoms with Crippen molar-refractivity contribution >= 4 is 17.7 Å². The van der Waals surface area contributed by atoms with Gasteiger partial charge in [0.25, 0.3) is 0 Å². The van der Waals surface area contributed by atoms with Gasteiger partial charge in [0.05, 0.1) is 0 Å². The highest BCUT2D eigenvalue weighted by Gasteiger charge is 2.24. The van der Waals surface area contributed by atoms with Crippen LogP contribution in [0.2, 0.25) is 0 Å². The second-order valence-corrected chi connectivity index (χ2v) is 3.92. The van der Waals surface area contributed by atoms with E-state index in [1.54, 1.807) is 23.1 Å². The predicted molar refractivity (Wildman–Crippen MR) is 63.1 cm³/mol. The Morgan fingerprint density at radius 3 is 2.94 bits per heavy atom. The lowest BCUT2D eigenvalue weighted by molar-refractivity contribution is -0.00909. The number of hydrogen-bond donors (Lipinski definition) is 3. The van der Waals surface area contributed by atoms with Crippen LogP contribution in [-0.2, 0) is 0 Å². The van der Waals surface area contributed by atoms with E-state index in [0.717, 1.165) is 5.06 Å². The molecule has 8 nitrogen and oxygen atoms in total. The van der Waals surface area contributed by atoms with E-state index in [0.29, 0.717) is 30.4 Å². The molecule has 1 fully saturated rings. The lowest BCUT2D eigenvalue weighted by atomic mass is 10.3. The van der Waals surface area contributed by atoms with Gasteiger partial charge in [-0.3, -0.25) is 15.5 Å². The molecule has 8 heteroatoms. The van der Waals surface area contributed by atoms with Gasteiger partial charge in [0.2, 0.25) is 0 Å². The molecule has 2 aliphatic heterocycles. The van der Waals surface area contributed by atoms with Crippen LogP contribution in [-0.4, -0.2) is 46.9 Å². The molecule has 2 amide bonds. The summed E-state index contributed by atoms with van der Waals surface area (Å²) < 4.78 is 0. The fraction of sp³-hybridized carbons (Fsp3) is 0.300. The van der Waals surface area contributed by atoms with E-state index < -0.39 is 0 Å². The number of hydrogen-bond acceptors (Lipinski definition) is 6. The molecule has 94 valence electrons. The summed E-state index contributed by atoms with van der Waals surface area (Å²) in [5, 5.41) is 17.2.